The third kappa shape index (κ3) is 4.33. The third-order valence-corrected chi connectivity index (χ3v) is 10.4. The van der Waals surface area contributed by atoms with Crippen molar-refractivity contribution < 1.29 is 48.7 Å². The average Bonchev–Trinajstić information content (AvgIpc) is 3.20. The van der Waals surface area contributed by atoms with Gasteiger partial charge in [0.05, 0.1) is 13.2 Å². The topological polar surface area (TPSA) is 149 Å². The fourth-order valence-corrected chi connectivity index (χ4v) is 8.31. The third-order valence-electron chi connectivity index (χ3n) is 10.4. The monoisotopic (exact) mass is 536 g/mol. The van der Waals surface area contributed by atoms with Crippen molar-refractivity contribution in [3.8, 4) is 0 Å². The van der Waals surface area contributed by atoms with Crippen LogP contribution in [0.25, 0.3) is 0 Å². The normalized spacial score (nSPS) is 48.3. The molecule has 1 heterocycles. The Morgan fingerprint density at radius 2 is 1.74 bits per heavy atom. The first-order valence-electron chi connectivity index (χ1n) is 13.8. The molecule has 5 rings (SSSR count). The minimum Gasteiger partial charge on any atom is -0.467 e. The zero-order valence-corrected chi connectivity index (χ0v) is 22.5. The van der Waals surface area contributed by atoms with Gasteiger partial charge >= 0.3 is 11.9 Å². The highest BCUT2D eigenvalue weighted by Gasteiger charge is 2.62. The number of ketones is 1. The van der Waals surface area contributed by atoms with Gasteiger partial charge in [-0.15, -0.1) is 0 Å². The van der Waals surface area contributed by atoms with E-state index in [0.717, 1.165) is 44.8 Å². The Morgan fingerprint density at radius 1 is 1.00 bits per heavy atom. The van der Waals surface area contributed by atoms with Crippen LogP contribution in [0.2, 0.25) is 0 Å². The summed E-state index contributed by atoms with van der Waals surface area (Å²) in [5.74, 6) is -0.902. The van der Waals surface area contributed by atoms with Crippen LogP contribution in [-0.2, 0) is 33.3 Å². The van der Waals surface area contributed by atoms with Gasteiger partial charge in [0.2, 0.25) is 0 Å². The van der Waals surface area contributed by atoms with Crippen LogP contribution in [-0.4, -0.2) is 83.1 Å². The summed E-state index contributed by atoms with van der Waals surface area (Å²) in [6.45, 7) is 5.79. The van der Waals surface area contributed by atoms with Crippen LogP contribution in [0.1, 0.15) is 65.7 Å². The van der Waals surface area contributed by atoms with Crippen molar-refractivity contribution >= 4 is 17.7 Å². The molecular weight excluding hydrogens is 496 g/mol. The van der Waals surface area contributed by atoms with Crippen LogP contribution in [0.15, 0.2) is 11.6 Å². The van der Waals surface area contributed by atoms with Crippen LogP contribution < -0.4 is 0 Å². The predicted molar refractivity (Wildman–Crippen MR) is 131 cm³/mol. The number of hydrogen-bond donors (Lipinski definition) is 3. The van der Waals surface area contributed by atoms with Gasteiger partial charge in [0.15, 0.2) is 18.2 Å². The fourth-order valence-electron chi connectivity index (χ4n) is 8.31. The summed E-state index contributed by atoms with van der Waals surface area (Å²) in [4.78, 5) is 37.2. The number of aliphatic hydroxyl groups is 3. The Bertz CT molecular complexity index is 1010. The molecule has 1 saturated heterocycles. The molecule has 0 radical (unpaired) electrons. The first-order chi connectivity index (χ1) is 17.9. The van der Waals surface area contributed by atoms with E-state index in [0.29, 0.717) is 12.8 Å². The number of fused-ring (bicyclic) bond motifs is 5. The second-order valence-corrected chi connectivity index (χ2v) is 12.4. The maximum atomic E-state index is 13.6. The summed E-state index contributed by atoms with van der Waals surface area (Å²) < 4.78 is 22.0. The van der Waals surface area contributed by atoms with Gasteiger partial charge in [-0.2, -0.15) is 0 Å². The molecule has 0 amide bonds. The van der Waals surface area contributed by atoms with E-state index in [1.807, 2.05) is 6.08 Å². The summed E-state index contributed by atoms with van der Waals surface area (Å²) in [6, 6.07) is 0. The molecule has 0 aromatic carbocycles. The van der Waals surface area contributed by atoms with Crippen molar-refractivity contribution in [2.75, 3.05) is 7.11 Å². The largest absolute Gasteiger partial charge is 0.467 e. The highest BCUT2D eigenvalue weighted by atomic mass is 16.7. The predicted octanol–water partition coefficient (Wildman–Crippen LogP) is 1.43. The number of hydrogen-bond acceptors (Lipinski definition) is 10. The molecule has 1 aliphatic heterocycles. The lowest BCUT2D eigenvalue weighted by Gasteiger charge is -2.57. The van der Waals surface area contributed by atoms with Gasteiger partial charge in [-0.3, -0.25) is 9.59 Å². The smallest absolute Gasteiger partial charge is 0.337 e. The number of allylic oxidation sites excluding steroid dienone is 1. The Kier molecular flexibility index (Phi) is 7.26. The maximum Gasteiger partial charge on any atom is 0.337 e. The lowest BCUT2D eigenvalue weighted by molar-refractivity contribution is -0.313. The summed E-state index contributed by atoms with van der Waals surface area (Å²) >= 11 is 0. The molecule has 5 aliphatic rings. The van der Waals surface area contributed by atoms with Gasteiger partial charge in [-0.05, 0) is 67.3 Å². The van der Waals surface area contributed by atoms with Gasteiger partial charge in [0.1, 0.15) is 24.4 Å². The Hall–Kier alpha value is -1.85. The van der Waals surface area contributed by atoms with Gasteiger partial charge in [-0.1, -0.05) is 19.4 Å². The summed E-state index contributed by atoms with van der Waals surface area (Å²) in [5, 5.41) is 31.1. The Morgan fingerprint density at radius 3 is 2.42 bits per heavy atom. The number of methoxy groups -OCH3 is 1. The number of carbonyl (C=O) groups is 3. The van der Waals surface area contributed by atoms with E-state index in [2.05, 4.69) is 18.6 Å². The fraction of sp³-hybridized carbons (Fsp3) is 0.821. The highest BCUT2D eigenvalue weighted by Crippen LogP contribution is 2.64. The zero-order valence-electron chi connectivity index (χ0n) is 22.5. The summed E-state index contributed by atoms with van der Waals surface area (Å²) in [6.07, 6.45) is -1.01. The zero-order chi connectivity index (χ0) is 27.6. The second-order valence-electron chi connectivity index (χ2n) is 12.4. The summed E-state index contributed by atoms with van der Waals surface area (Å²) in [5.41, 5.74) is 0.612. The first-order valence-corrected chi connectivity index (χ1v) is 13.8. The Labute approximate surface area is 222 Å². The quantitative estimate of drug-likeness (QED) is 0.451. The van der Waals surface area contributed by atoms with E-state index in [9.17, 15) is 29.7 Å². The van der Waals surface area contributed by atoms with Crippen molar-refractivity contribution in [3.05, 3.63) is 11.6 Å². The molecule has 12 atom stereocenters. The van der Waals surface area contributed by atoms with Crippen LogP contribution in [0, 0.1) is 28.6 Å². The summed E-state index contributed by atoms with van der Waals surface area (Å²) in [7, 11) is 1.15. The van der Waals surface area contributed by atoms with E-state index in [4.69, 9.17) is 14.2 Å². The van der Waals surface area contributed by atoms with Crippen molar-refractivity contribution in [2.45, 2.75) is 109 Å². The molecule has 0 aromatic heterocycles. The molecule has 38 heavy (non-hydrogen) atoms. The lowest BCUT2D eigenvalue weighted by Crippen LogP contribution is -2.61. The number of rotatable bonds is 4. The number of aliphatic hydroxyl groups excluding tert-OH is 3. The first kappa shape index (κ1) is 27.7. The van der Waals surface area contributed by atoms with Crippen LogP contribution in [0.3, 0.4) is 0 Å². The highest BCUT2D eigenvalue weighted by molar-refractivity contribution is 5.94. The molecule has 10 nitrogen and oxygen atoms in total. The number of esters is 2. The van der Waals surface area contributed by atoms with E-state index >= 15 is 0 Å². The second kappa shape index (κ2) is 9.96. The van der Waals surface area contributed by atoms with Gasteiger partial charge in [0.25, 0.3) is 0 Å². The average molecular weight is 537 g/mol. The van der Waals surface area contributed by atoms with E-state index in [1.165, 1.54) is 6.92 Å². The molecule has 10 heteroatoms. The minimum absolute atomic E-state index is 0.0761. The van der Waals surface area contributed by atoms with Crippen molar-refractivity contribution in [2.24, 2.45) is 28.6 Å². The molecule has 3 N–H and O–H groups in total. The number of carbonyl (C=O) groups excluding carboxylic acids is 3. The molecule has 0 aromatic rings. The molecule has 3 saturated carbocycles. The Balaban J connectivity index is 1.35. The SMILES string of the molecule is COC(=O)[C@H]1O[C@@H](O[C@H]2CC[C@H]3[C@@H]4C(=O)C=C5C[C@@H](OC(C)=O)CC[C@]5(C)[C@H]4CC[C@]23C)[C@H](O)[C@@H](O)[C@@H]1O. The van der Waals surface area contributed by atoms with Crippen LogP contribution in [0.4, 0.5) is 0 Å². The minimum atomic E-state index is -1.64. The molecule has 212 valence electrons. The molecule has 4 aliphatic carbocycles. The molecule has 4 fully saturated rings. The van der Waals surface area contributed by atoms with Crippen LogP contribution in [0.5, 0.6) is 0 Å². The molecule has 0 unspecified atom stereocenters. The molecule has 0 spiro atoms. The lowest BCUT2D eigenvalue weighted by atomic mass is 9.47. The van der Waals surface area contributed by atoms with E-state index in [1.54, 1.807) is 0 Å². The maximum absolute atomic E-state index is 13.6. The van der Waals surface area contributed by atoms with E-state index < -0.39 is 36.7 Å². The van der Waals surface area contributed by atoms with Gasteiger partial charge in [0, 0.05) is 19.3 Å². The van der Waals surface area contributed by atoms with Gasteiger partial charge in [-0.25, -0.2) is 4.79 Å². The number of ether oxygens (including phenoxy) is 4. The van der Waals surface area contributed by atoms with Crippen molar-refractivity contribution in [1.29, 1.82) is 0 Å². The van der Waals surface area contributed by atoms with Crippen molar-refractivity contribution in [3.63, 3.8) is 0 Å². The van der Waals surface area contributed by atoms with E-state index in [-0.39, 0.29) is 52.5 Å². The molecule has 0 bridgehead atoms. The standard InChI is InChI=1S/C28H40O10/c1-13(29)36-15-7-9-27(2)14(11-15)12-18(30)20-16-5-6-19(28(16,3)10-8-17(20)27)37-26-23(33)21(31)22(32)24(38-26)25(34)35-4/h12,15-17,19-24,26,31-33H,5-11H2,1-4H3/t15-,16-,17-,19-,20-,21-,22-,23+,24-,26+,27-,28-/m0/s1. The van der Waals surface area contributed by atoms with Gasteiger partial charge < -0.3 is 34.3 Å². The molecular formula is C28H40O10. The van der Waals surface area contributed by atoms with Crippen molar-refractivity contribution in [1.82, 2.24) is 0 Å². The van der Waals surface area contributed by atoms with Crippen LogP contribution >= 0.6 is 0 Å².